The summed E-state index contributed by atoms with van der Waals surface area (Å²) in [6.07, 6.45) is 3.91. The van der Waals surface area contributed by atoms with Gasteiger partial charge in [-0.05, 0) is 41.8 Å². The minimum absolute atomic E-state index is 0.0261. The number of nitro groups is 1. The van der Waals surface area contributed by atoms with E-state index in [1.54, 1.807) is 24.5 Å². The second kappa shape index (κ2) is 8.90. The molecule has 0 aliphatic carbocycles. The molecule has 8 nitrogen and oxygen atoms in total. The first-order valence-electron chi connectivity index (χ1n) is 11.1. The van der Waals surface area contributed by atoms with Gasteiger partial charge in [-0.1, -0.05) is 24.3 Å². The van der Waals surface area contributed by atoms with Crippen molar-refractivity contribution in [1.29, 1.82) is 0 Å². The van der Waals surface area contributed by atoms with Crippen molar-refractivity contribution in [2.75, 3.05) is 29.4 Å². The summed E-state index contributed by atoms with van der Waals surface area (Å²) in [5, 5.41) is 14.4. The van der Waals surface area contributed by atoms with E-state index in [0.717, 1.165) is 35.6 Å². The number of non-ortho nitro benzene ring substituents is 1. The van der Waals surface area contributed by atoms with E-state index in [4.69, 9.17) is 0 Å². The topological polar surface area (TPSA) is 91.6 Å². The van der Waals surface area contributed by atoms with Crippen LogP contribution in [0.1, 0.15) is 11.1 Å². The minimum Gasteiger partial charge on any atom is -0.368 e. The van der Waals surface area contributed by atoms with Crippen LogP contribution in [-0.4, -0.2) is 41.5 Å². The predicted molar refractivity (Wildman–Crippen MR) is 126 cm³/mol. The zero-order valence-electron chi connectivity index (χ0n) is 18.1. The third-order valence-corrected chi connectivity index (χ3v) is 6.55. The Balaban J connectivity index is 1.43. The molecule has 2 aliphatic rings. The lowest BCUT2D eigenvalue weighted by atomic mass is 9.83. The molecule has 2 atom stereocenters. The molecule has 2 aromatic carbocycles. The standard InChI is InChI=1S/C25H25N5O3/c31-25(27-16-18-5-4-10-26-15-18)22-14-19-13-21(30(32)33)8-9-23(19)29-12-11-28(17-24(22)29)20-6-2-1-3-7-20/h1-10,13,15,22,24H,11-12,14,16-17H2,(H,27,31)/t22-,24+/m0/s1. The predicted octanol–water partition coefficient (Wildman–Crippen LogP) is 3.17. The Morgan fingerprint density at radius 1 is 1.12 bits per heavy atom. The van der Waals surface area contributed by atoms with Crippen LogP contribution < -0.4 is 15.1 Å². The summed E-state index contributed by atoms with van der Waals surface area (Å²) in [7, 11) is 0. The zero-order valence-corrected chi connectivity index (χ0v) is 18.1. The normalized spacial score (nSPS) is 19.4. The number of nitrogens with zero attached hydrogens (tertiary/aromatic N) is 4. The van der Waals surface area contributed by atoms with Crippen LogP contribution in [0.2, 0.25) is 0 Å². The first-order valence-corrected chi connectivity index (χ1v) is 11.1. The van der Waals surface area contributed by atoms with Crippen LogP contribution in [0.25, 0.3) is 0 Å². The second-order valence-electron chi connectivity index (χ2n) is 8.50. The smallest absolute Gasteiger partial charge is 0.269 e. The number of pyridine rings is 1. The van der Waals surface area contributed by atoms with Crippen LogP contribution in [-0.2, 0) is 17.8 Å². The fourth-order valence-corrected chi connectivity index (χ4v) is 4.92. The van der Waals surface area contributed by atoms with Crippen molar-refractivity contribution < 1.29 is 9.72 Å². The van der Waals surface area contributed by atoms with E-state index in [-0.39, 0.29) is 28.5 Å². The van der Waals surface area contributed by atoms with Crippen molar-refractivity contribution >= 4 is 23.0 Å². The highest BCUT2D eigenvalue weighted by atomic mass is 16.6. The number of piperazine rings is 1. The summed E-state index contributed by atoms with van der Waals surface area (Å²) in [5.41, 5.74) is 3.99. The maximum absolute atomic E-state index is 13.4. The molecular formula is C25H25N5O3. The molecule has 0 spiro atoms. The number of fused-ring (bicyclic) bond motifs is 3. The number of benzene rings is 2. The van der Waals surface area contributed by atoms with Gasteiger partial charge in [0.15, 0.2) is 0 Å². The van der Waals surface area contributed by atoms with Crippen LogP contribution in [0.5, 0.6) is 0 Å². The number of hydrogen-bond acceptors (Lipinski definition) is 6. The van der Waals surface area contributed by atoms with Gasteiger partial charge >= 0.3 is 0 Å². The first-order chi connectivity index (χ1) is 16.1. The van der Waals surface area contributed by atoms with Gasteiger partial charge in [0.1, 0.15) is 0 Å². The van der Waals surface area contributed by atoms with Gasteiger partial charge in [0.25, 0.3) is 5.69 Å². The number of carbonyl (C=O) groups excluding carboxylic acids is 1. The maximum Gasteiger partial charge on any atom is 0.269 e. The van der Waals surface area contributed by atoms with E-state index in [2.05, 4.69) is 32.2 Å². The molecule has 168 valence electrons. The Morgan fingerprint density at radius 2 is 1.97 bits per heavy atom. The van der Waals surface area contributed by atoms with E-state index < -0.39 is 0 Å². The largest absolute Gasteiger partial charge is 0.368 e. The van der Waals surface area contributed by atoms with E-state index in [9.17, 15) is 14.9 Å². The average molecular weight is 444 g/mol. The Labute approximate surface area is 192 Å². The molecule has 1 saturated heterocycles. The van der Waals surface area contributed by atoms with Crippen molar-refractivity contribution in [1.82, 2.24) is 10.3 Å². The number of nitro benzene ring substituents is 1. The summed E-state index contributed by atoms with van der Waals surface area (Å²) >= 11 is 0. The third kappa shape index (κ3) is 4.24. The SMILES string of the molecule is O=C(NCc1cccnc1)[C@H]1Cc2cc([N+](=O)[O-])ccc2N2CCN(c3ccccc3)C[C@H]12. The molecule has 0 bridgehead atoms. The molecule has 1 aromatic heterocycles. The molecule has 0 radical (unpaired) electrons. The monoisotopic (exact) mass is 443 g/mol. The number of anilines is 2. The van der Waals surface area contributed by atoms with E-state index >= 15 is 0 Å². The Kier molecular flexibility index (Phi) is 5.64. The summed E-state index contributed by atoms with van der Waals surface area (Å²) in [6.45, 7) is 2.68. The fraction of sp³-hybridized carbons (Fsp3) is 0.280. The third-order valence-electron chi connectivity index (χ3n) is 6.55. The molecule has 2 aliphatic heterocycles. The summed E-state index contributed by atoms with van der Waals surface area (Å²) in [6, 6.07) is 19.0. The lowest BCUT2D eigenvalue weighted by molar-refractivity contribution is -0.384. The van der Waals surface area contributed by atoms with Gasteiger partial charge in [-0.2, -0.15) is 0 Å². The Bertz CT molecular complexity index is 1160. The van der Waals surface area contributed by atoms with Crippen molar-refractivity contribution in [3.05, 3.63) is 94.3 Å². The number of rotatable bonds is 5. The maximum atomic E-state index is 13.4. The first kappa shape index (κ1) is 20.9. The van der Waals surface area contributed by atoms with E-state index in [0.29, 0.717) is 19.5 Å². The molecule has 0 unspecified atom stereocenters. The fourth-order valence-electron chi connectivity index (χ4n) is 4.92. The van der Waals surface area contributed by atoms with Gasteiger partial charge < -0.3 is 15.1 Å². The van der Waals surface area contributed by atoms with Crippen LogP contribution in [0.3, 0.4) is 0 Å². The van der Waals surface area contributed by atoms with Crippen LogP contribution in [0.15, 0.2) is 73.1 Å². The van der Waals surface area contributed by atoms with Gasteiger partial charge in [0.2, 0.25) is 5.91 Å². The quantitative estimate of drug-likeness (QED) is 0.481. The van der Waals surface area contributed by atoms with Gasteiger partial charge in [0, 0.05) is 62.1 Å². The number of hydrogen-bond donors (Lipinski definition) is 1. The number of carbonyl (C=O) groups is 1. The molecule has 0 saturated carbocycles. The van der Waals surface area contributed by atoms with Crippen LogP contribution in [0, 0.1) is 16.0 Å². The van der Waals surface area contributed by atoms with Gasteiger partial charge in [-0.15, -0.1) is 0 Å². The number of para-hydroxylation sites is 1. The number of aromatic nitrogens is 1. The molecule has 8 heteroatoms. The minimum atomic E-state index is -0.378. The lowest BCUT2D eigenvalue weighted by Crippen LogP contribution is -2.61. The molecule has 1 N–H and O–H groups in total. The molecule has 33 heavy (non-hydrogen) atoms. The van der Waals surface area contributed by atoms with Crippen molar-refractivity contribution in [3.8, 4) is 0 Å². The van der Waals surface area contributed by atoms with Gasteiger partial charge in [-0.3, -0.25) is 19.9 Å². The number of nitrogens with one attached hydrogen (secondary N) is 1. The zero-order chi connectivity index (χ0) is 22.8. The van der Waals surface area contributed by atoms with Crippen molar-refractivity contribution in [2.24, 2.45) is 5.92 Å². The van der Waals surface area contributed by atoms with Gasteiger partial charge in [-0.25, -0.2) is 0 Å². The second-order valence-corrected chi connectivity index (χ2v) is 8.50. The Hall–Kier alpha value is -3.94. The molecular weight excluding hydrogens is 418 g/mol. The highest BCUT2D eigenvalue weighted by Crippen LogP contribution is 2.38. The molecule has 3 heterocycles. The highest BCUT2D eigenvalue weighted by Gasteiger charge is 2.42. The number of amides is 1. The van der Waals surface area contributed by atoms with Crippen LogP contribution in [0.4, 0.5) is 17.1 Å². The summed E-state index contributed by atoms with van der Waals surface area (Å²) in [4.78, 5) is 33.0. The molecule has 3 aromatic rings. The summed E-state index contributed by atoms with van der Waals surface area (Å²) in [5.74, 6) is -0.358. The van der Waals surface area contributed by atoms with Crippen LogP contribution >= 0.6 is 0 Å². The van der Waals surface area contributed by atoms with E-state index in [1.165, 1.54) is 0 Å². The van der Waals surface area contributed by atoms with Crippen molar-refractivity contribution in [3.63, 3.8) is 0 Å². The Morgan fingerprint density at radius 3 is 2.73 bits per heavy atom. The highest BCUT2D eigenvalue weighted by molar-refractivity contribution is 5.82. The van der Waals surface area contributed by atoms with Gasteiger partial charge in [0.05, 0.1) is 16.9 Å². The average Bonchev–Trinajstić information content (AvgIpc) is 2.87. The van der Waals surface area contributed by atoms with E-state index in [1.807, 2.05) is 36.4 Å². The molecule has 5 rings (SSSR count). The molecule has 1 amide bonds. The lowest BCUT2D eigenvalue weighted by Gasteiger charge is -2.49. The van der Waals surface area contributed by atoms with Crippen molar-refractivity contribution in [2.45, 2.75) is 19.0 Å². The molecule has 1 fully saturated rings. The summed E-state index contributed by atoms with van der Waals surface area (Å²) < 4.78 is 0.